The summed E-state index contributed by atoms with van der Waals surface area (Å²) in [6.07, 6.45) is 1.75. The van der Waals surface area contributed by atoms with E-state index < -0.39 is 11.3 Å². The second-order valence-electron chi connectivity index (χ2n) is 11.2. The number of thioether (sulfide) groups is 1. The molecule has 8 nitrogen and oxygen atoms in total. The maximum Gasteiger partial charge on any atom is 0.280 e. The van der Waals surface area contributed by atoms with Crippen LogP contribution in [0.25, 0.3) is 34.1 Å². The monoisotopic (exact) mass is 670 g/mol. The van der Waals surface area contributed by atoms with Crippen molar-refractivity contribution in [2.24, 2.45) is 0 Å². The van der Waals surface area contributed by atoms with Crippen LogP contribution >= 0.6 is 23.4 Å². The Morgan fingerprint density at radius 3 is 2.27 bits per heavy atom. The van der Waals surface area contributed by atoms with Crippen LogP contribution in [0.15, 0.2) is 131 Å². The molecule has 236 valence electrons. The Balaban J connectivity index is 1.21. The zero-order valence-electron chi connectivity index (χ0n) is 25.5. The summed E-state index contributed by atoms with van der Waals surface area (Å²) in [5.74, 6) is -0.316. The van der Waals surface area contributed by atoms with E-state index in [9.17, 15) is 19.5 Å². The van der Waals surface area contributed by atoms with Crippen molar-refractivity contribution < 1.29 is 14.7 Å². The second-order valence-corrected chi connectivity index (χ2v) is 12.8. The average molecular weight is 671 g/mol. The van der Waals surface area contributed by atoms with Crippen LogP contribution in [-0.4, -0.2) is 31.5 Å². The fourth-order valence-corrected chi connectivity index (χ4v) is 6.74. The van der Waals surface area contributed by atoms with Crippen molar-refractivity contribution in [3.63, 3.8) is 0 Å². The molecule has 2 heterocycles. The molecule has 6 aromatic rings. The van der Waals surface area contributed by atoms with Crippen LogP contribution in [0.1, 0.15) is 32.4 Å². The lowest BCUT2D eigenvalue weighted by Crippen LogP contribution is -2.44. The van der Waals surface area contributed by atoms with E-state index >= 15 is 0 Å². The number of nitrogens with one attached hydrogen (secondary N) is 1. The number of fused-ring (bicyclic) bond motifs is 1. The highest BCUT2D eigenvalue weighted by molar-refractivity contribution is 8.04. The Kier molecular flexibility index (Phi) is 8.31. The molecule has 2 amide bonds. The highest BCUT2D eigenvalue weighted by atomic mass is 35.5. The van der Waals surface area contributed by atoms with Gasteiger partial charge < -0.3 is 5.11 Å². The molecule has 5 aromatic carbocycles. The van der Waals surface area contributed by atoms with Crippen molar-refractivity contribution >= 4 is 52.2 Å². The first-order valence-electron chi connectivity index (χ1n) is 15.0. The molecule has 7 rings (SSSR count). The van der Waals surface area contributed by atoms with Crippen molar-refractivity contribution in [3.05, 3.63) is 164 Å². The summed E-state index contributed by atoms with van der Waals surface area (Å²) < 4.78 is 1.55. The van der Waals surface area contributed by atoms with E-state index in [-0.39, 0.29) is 22.8 Å². The number of carbonyl (C=O) groups excluding carboxylic acids is 2. The summed E-state index contributed by atoms with van der Waals surface area (Å²) in [5, 5.41) is 11.6. The number of benzene rings is 5. The molecule has 1 atom stereocenters. The number of aryl methyl sites for hydroxylation is 1. The number of halogens is 1. The van der Waals surface area contributed by atoms with Gasteiger partial charge in [-0.15, -0.1) is 0 Å². The van der Waals surface area contributed by atoms with Gasteiger partial charge in [0.25, 0.3) is 17.4 Å². The van der Waals surface area contributed by atoms with E-state index in [2.05, 4.69) is 5.43 Å². The van der Waals surface area contributed by atoms with Gasteiger partial charge in [0, 0.05) is 16.1 Å². The molecule has 1 aliphatic heterocycles. The van der Waals surface area contributed by atoms with Gasteiger partial charge >= 0.3 is 0 Å². The summed E-state index contributed by atoms with van der Waals surface area (Å²) in [7, 11) is 0. The van der Waals surface area contributed by atoms with Gasteiger partial charge in [-0.2, -0.15) is 0 Å². The largest absolute Gasteiger partial charge is 0.508 e. The Bertz CT molecular complexity index is 2270. The van der Waals surface area contributed by atoms with Crippen molar-refractivity contribution in [1.82, 2.24) is 20.0 Å². The molecule has 1 unspecified atom stereocenters. The summed E-state index contributed by atoms with van der Waals surface area (Å²) in [5.41, 5.74) is 7.33. The van der Waals surface area contributed by atoms with E-state index in [1.807, 2.05) is 55.5 Å². The molecule has 1 aromatic heterocycles. The van der Waals surface area contributed by atoms with Crippen LogP contribution < -0.4 is 11.0 Å². The fourth-order valence-electron chi connectivity index (χ4n) is 5.42. The topological polar surface area (TPSA) is 105 Å². The second kappa shape index (κ2) is 12.9. The van der Waals surface area contributed by atoms with Gasteiger partial charge in [0.15, 0.2) is 0 Å². The maximum absolute atomic E-state index is 13.8. The third-order valence-electron chi connectivity index (χ3n) is 7.94. The number of hydrazine groups is 1. The molecule has 48 heavy (non-hydrogen) atoms. The van der Waals surface area contributed by atoms with Crippen LogP contribution in [0.4, 0.5) is 0 Å². The maximum atomic E-state index is 13.8. The number of hydrogen-bond donors (Lipinski definition) is 2. The molecule has 1 saturated heterocycles. The SMILES string of the molecule is Cc1ccc(-c2nc3ccccc3c(=O)n2-c2ccc(C(=O)NN3C(=O)/C(=C/c4ccc(Cl)cc4)SC3c3ccc(O)cc3)cc2)cc1. The lowest BCUT2D eigenvalue weighted by molar-refractivity contribution is -0.128. The average Bonchev–Trinajstić information content (AvgIpc) is 3.40. The van der Waals surface area contributed by atoms with E-state index in [0.717, 1.165) is 16.7 Å². The first-order valence-corrected chi connectivity index (χ1v) is 16.3. The summed E-state index contributed by atoms with van der Waals surface area (Å²) in [6.45, 7) is 1.99. The minimum Gasteiger partial charge on any atom is -0.508 e. The molecule has 0 saturated carbocycles. The van der Waals surface area contributed by atoms with Crippen molar-refractivity contribution in [1.29, 1.82) is 0 Å². The van der Waals surface area contributed by atoms with E-state index in [0.29, 0.717) is 37.9 Å². The number of carbonyl (C=O) groups is 2. The summed E-state index contributed by atoms with van der Waals surface area (Å²) in [4.78, 5) is 46.4. The molecule has 2 N–H and O–H groups in total. The van der Waals surface area contributed by atoms with Gasteiger partial charge in [-0.1, -0.05) is 89.6 Å². The summed E-state index contributed by atoms with van der Waals surface area (Å²) in [6, 6.07) is 35.2. The normalized spacial score (nSPS) is 15.3. The molecule has 1 aliphatic rings. The minimum absolute atomic E-state index is 0.0898. The van der Waals surface area contributed by atoms with Gasteiger partial charge in [0.05, 0.1) is 21.5 Å². The first-order chi connectivity index (χ1) is 23.2. The quantitative estimate of drug-likeness (QED) is 0.176. The van der Waals surface area contributed by atoms with Crippen LogP contribution in [0, 0.1) is 6.92 Å². The molecular formula is C38H27ClN4O4S. The Morgan fingerprint density at radius 1 is 0.875 bits per heavy atom. The Labute approximate surface area is 284 Å². The number of amides is 2. The number of para-hydroxylation sites is 1. The molecule has 10 heteroatoms. The number of phenolic OH excluding ortho intramolecular Hbond substituents is 1. The first kappa shape index (κ1) is 31.0. The molecule has 0 aliphatic carbocycles. The fraction of sp³-hybridized carbons (Fsp3) is 0.0526. The Morgan fingerprint density at radius 2 is 1.56 bits per heavy atom. The number of aromatic nitrogens is 2. The third kappa shape index (κ3) is 6.09. The van der Waals surface area contributed by atoms with E-state index in [4.69, 9.17) is 16.6 Å². The third-order valence-corrected chi connectivity index (χ3v) is 9.45. The van der Waals surface area contributed by atoms with Gasteiger partial charge in [0.2, 0.25) is 0 Å². The van der Waals surface area contributed by atoms with E-state index in [1.54, 1.807) is 71.3 Å². The lowest BCUT2D eigenvalue weighted by Gasteiger charge is -2.24. The number of hydrogen-bond acceptors (Lipinski definition) is 6. The molecule has 0 bridgehead atoms. The molecular weight excluding hydrogens is 644 g/mol. The number of phenols is 1. The number of aromatic hydroxyl groups is 1. The smallest absolute Gasteiger partial charge is 0.280 e. The standard InChI is InChI=1S/C38H27ClN4O4S/c1-23-6-10-25(11-7-23)34-40-32-5-3-2-4-31(32)36(46)42(34)29-18-12-26(13-19-29)35(45)41-43-37(47)33(22-24-8-16-28(39)17-9-24)48-38(43)27-14-20-30(44)21-15-27/h2-22,38,44H,1H3,(H,41,45)/b33-22-. The summed E-state index contributed by atoms with van der Waals surface area (Å²) >= 11 is 7.33. The van der Waals surface area contributed by atoms with Crippen molar-refractivity contribution in [2.45, 2.75) is 12.3 Å². The van der Waals surface area contributed by atoms with E-state index in [1.165, 1.54) is 28.9 Å². The van der Waals surface area contributed by atoms with Gasteiger partial charge in [-0.05, 0) is 84.8 Å². The lowest BCUT2D eigenvalue weighted by atomic mass is 10.1. The van der Waals surface area contributed by atoms with Gasteiger partial charge in [-0.25, -0.2) is 9.99 Å². The molecule has 0 radical (unpaired) electrons. The van der Waals surface area contributed by atoms with Crippen LogP contribution in [0.2, 0.25) is 5.02 Å². The highest BCUT2D eigenvalue weighted by Gasteiger charge is 2.38. The van der Waals surface area contributed by atoms with Crippen molar-refractivity contribution in [3.8, 4) is 22.8 Å². The predicted molar refractivity (Wildman–Crippen MR) is 190 cm³/mol. The molecule has 1 fully saturated rings. The van der Waals surface area contributed by atoms with Crippen molar-refractivity contribution in [2.75, 3.05) is 0 Å². The number of nitrogens with zero attached hydrogens (tertiary/aromatic N) is 3. The zero-order valence-corrected chi connectivity index (χ0v) is 27.1. The predicted octanol–water partition coefficient (Wildman–Crippen LogP) is 7.68. The van der Waals surface area contributed by atoms with Crippen LogP contribution in [0.5, 0.6) is 5.75 Å². The van der Waals surface area contributed by atoms with Gasteiger partial charge in [0.1, 0.15) is 16.9 Å². The van der Waals surface area contributed by atoms with Gasteiger partial charge in [-0.3, -0.25) is 24.4 Å². The number of rotatable bonds is 6. The highest BCUT2D eigenvalue weighted by Crippen LogP contribution is 2.45. The zero-order chi connectivity index (χ0) is 33.4. The van der Waals surface area contributed by atoms with Crippen LogP contribution in [-0.2, 0) is 4.79 Å². The molecule has 0 spiro atoms. The van der Waals surface area contributed by atoms with Crippen LogP contribution in [0.3, 0.4) is 0 Å². The minimum atomic E-state index is -0.584. The Hall–Kier alpha value is -5.64.